The summed E-state index contributed by atoms with van der Waals surface area (Å²) in [6.07, 6.45) is 4.68. The number of nitrogens with zero attached hydrogens (tertiary/aromatic N) is 1. The quantitative estimate of drug-likeness (QED) is 0.676. The van der Waals surface area contributed by atoms with Gasteiger partial charge in [0.15, 0.2) is 0 Å². The minimum Gasteiger partial charge on any atom is -0.481 e. The first-order chi connectivity index (χ1) is 7.74. The van der Waals surface area contributed by atoms with Crippen LogP contribution in [0, 0.1) is 0 Å². The van der Waals surface area contributed by atoms with Crippen molar-refractivity contribution in [2.24, 2.45) is 0 Å². The maximum Gasteiger partial charge on any atom is 0.304 e. The SMILES string of the molecule is CCOCCCN1CCCCC1CC(=O)O. The highest BCUT2D eigenvalue weighted by molar-refractivity contribution is 5.67. The molecule has 1 heterocycles. The largest absolute Gasteiger partial charge is 0.481 e. The molecule has 1 N–H and O–H groups in total. The fourth-order valence-corrected chi connectivity index (χ4v) is 2.30. The van der Waals surface area contributed by atoms with Crippen LogP contribution in [-0.4, -0.2) is 48.3 Å². The van der Waals surface area contributed by atoms with E-state index in [2.05, 4.69) is 4.90 Å². The molecule has 1 aliphatic heterocycles. The van der Waals surface area contributed by atoms with E-state index >= 15 is 0 Å². The van der Waals surface area contributed by atoms with E-state index in [0.29, 0.717) is 0 Å². The third-order valence-electron chi connectivity index (χ3n) is 3.10. The molecule has 0 spiro atoms. The molecule has 1 unspecified atom stereocenters. The van der Waals surface area contributed by atoms with Gasteiger partial charge in [-0.15, -0.1) is 0 Å². The van der Waals surface area contributed by atoms with Gasteiger partial charge >= 0.3 is 5.97 Å². The highest BCUT2D eigenvalue weighted by Crippen LogP contribution is 2.19. The molecule has 1 saturated heterocycles. The summed E-state index contributed by atoms with van der Waals surface area (Å²) >= 11 is 0. The van der Waals surface area contributed by atoms with Crippen LogP contribution in [0.5, 0.6) is 0 Å². The van der Waals surface area contributed by atoms with Gasteiger partial charge in [0.2, 0.25) is 0 Å². The molecule has 0 saturated carbocycles. The molecule has 0 aromatic carbocycles. The second kappa shape index (κ2) is 7.63. The lowest BCUT2D eigenvalue weighted by atomic mass is 9.99. The maximum atomic E-state index is 10.7. The lowest BCUT2D eigenvalue weighted by molar-refractivity contribution is -0.138. The first-order valence-electron chi connectivity index (χ1n) is 6.27. The summed E-state index contributed by atoms with van der Waals surface area (Å²) in [6.45, 7) is 5.56. The van der Waals surface area contributed by atoms with E-state index < -0.39 is 5.97 Å². The highest BCUT2D eigenvalue weighted by atomic mass is 16.5. The summed E-state index contributed by atoms with van der Waals surface area (Å²) in [5.74, 6) is -0.679. The van der Waals surface area contributed by atoms with Crippen LogP contribution in [0.2, 0.25) is 0 Å². The molecule has 1 fully saturated rings. The zero-order valence-electron chi connectivity index (χ0n) is 10.2. The van der Waals surface area contributed by atoms with Crippen LogP contribution in [0.25, 0.3) is 0 Å². The monoisotopic (exact) mass is 229 g/mol. The third kappa shape index (κ3) is 4.94. The van der Waals surface area contributed by atoms with E-state index in [-0.39, 0.29) is 12.5 Å². The molecular formula is C12H23NO3. The molecule has 0 radical (unpaired) electrons. The zero-order chi connectivity index (χ0) is 11.8. The number of likely N-dealkylation sites (tertiary alicyclic amines) is 1. The zero-order valence-corrected chi connectivity index (χ0v) is 10.2. The van der Waals surface area contributed by atoms with Gasteiger partial charge in [0.05, 0.1) is 6.42 Å². The Morgan fingerprint density at radius 2 is 2.31 bits per heavy atom. The van der Waals surface area contributed by atoms with Crippen molar-refractivity contribution in [3.05, 3.63) is 0 Å². The van der Waals surface area contributed by atoms with Gasteiger partial charge in [0.1, 0.15) is 0 Å². The maximum absolute atomic E-state index is 10.7. The molecule has 4 nitrogen and oxygen atoms in total. The number of carbonyl (C=O) groups is 1. The topological polar surface area (TPSA) is 49.8 Å². The van der Waals surface area contributed by atoms with E-state index in [9.17, 15) is 4.79 Å². The third-order valence-corrected chi connectivity index (χ3v) is 3.10. The number of carboxylic acid groups (broad SMARTS) is 1. The summed E-state index contributed by atoms with van der Waals surface area (Å²) in [4.78, 5) is 13.1. The van der Waals surface area contributed by atoms with Crippen LogP contribution in [0.1, 0.15) is 39.0 Å². The minimum atomic E-state index is -0.679. The lowest BCUT2D eigenvalue weighted by Crippen LogP contribution is -2.41. The smallest absolute Gasteiger partial charge is 0.304 e. The Morgan fingerprint density at radius 3 is 3.00 bits per heavy atom. The molecular weight excluding hydrogens is 206 g/mol. The molecule has 4 heteroatoms. The van der Waals surface area contributed by atoms with Crippen molar-refractivity contribution in [3.63, 3.8) is 0 Å². The van der Waals surface area contributed by atoms with Crippen LogP contribution in [0.3, 0.4) is 0 Å². The Morgan fingerprint density at radius 1 is 1.50 bits per heavy atom. The Bertz CT molecular complexity index is 208. The van der Waals surface area contributed by atoms with Gasteiger partial charge in [-0.25, -0.2) is 0 Å². The molecule has 16 heavy (non-hydrogen) atoms. The van der Waals surface area contributed by atoms with E-state index in [1.165, 1.54) is 12.8 Å². The summed E-state index contributed by atoms with van der Waals surface area (Å²) in [5, 5.41) is 8.84. The predicted molar refractivity (Wildman–Crippen MR) is 62.6 cm³/mol. The summed E-state index contributed by atoms with van der Waals surface area (Å²) < 4.78 is 5.30. The fraction of sp³-hybridized carbons (Fsp3) is 0.917. The molecule has 0 bridgehead atoms. The number of hydrogen-bond donors (Lipinski definition) is 1. The van der Waals surface area contributed by atoms with Crippen LogP contribution in [-0.2, 0) is 9.53 Å². The molecule has 1 rings (SSSR count). The van der Waals surface area contributed by atoms with Crippen molar-refractivity contribution >= 4 is 5.97 Å². The number of rotatable bonds is 7. The predicted octanol–water partition coefficient (Wildman–Crippen LogP) is 1.74. The molecule has 0 aromatic heterocycles. The van der Waals surface area contributed by atoms with Gasteiger partial charge in [-0.2, -0.15) is 0 Å². The Balaban J connectivity index is 2.26. The molecule has 1 atom stereocenters. The number of hydrogen-bond acceptors (Lipinski definition) is 3. The van der Waals surface area contributed by atoms with Crippen molar-refractivity contribution in [1.29, 1.82) is 0 Å². The van der Waals surface area contributed by atoms with Gasteiger partial charge in [-0.1, -0.05) is 6.42 Å². The van der Waals surface area contributed by atoms with E-state index in [1.54, 1.807) is 0 Å². The van der Waals surface area contributed by atoms with E-state index in [0.717, 1.165) is 39.1 Å². The van der Waals surface area contributed by atoms with Crippen LogP contribution >= 0.6 is 0 Å². The number of carboxylic acids is 1. The molecule has 0 aliphatic carbocycles. The summed E-state index contributed by atoms with van der Waals surface area (Å²) in [5.41, 5.74) is 0. The van der Waals surface area contributed by atoms with Crippen molar-refractivity contribution in [2.45, 2.75) is 45.1 Å². The van der Waals surface area contributed by atoms with Gasteiger partial charge < -0.3 is 9.84 Å². The summed E-state index contributed by atoms with van der Waals surface area (Å²) in [6, 6.07) is 0.243. The average Bonchev–Trinajstić information content (AvgIpc) is 2.26. The van der Waals surface area contributed by atoms with Crippen molar-refractivity contribution in [3.8, 4) is 0 Å². The molecule has 0 aromatic rings. The van der Waals surface area contributed by atoms with Crippen LogP contribution < -0.4 is 0 Å². The van der Waals surface area contributed by atoms with Crippen LogP contribution in [0.4, 0.5) is 0 Å². The van der Waals surface area contributed by atoms with Crippen LogP contribution in [0.15, 0.2) is 0 Å². The van der Waals surface area contributed by atoms with Crippen molar-refractivity contribution in [1.82, 2.24) is 4.90 Å². The minimum absolute atomic E-state index is 0.243. The normalized spacial score (nSPS) is 22.2. The van der Waals surface area contributed by atoms with Gasteiger partial charge in [-0.3, -0.25) is 9.69 Å². The second-order valence-corrected chi connectivity index (χ2v) is 4.33. The van der Waals surface area contributed by atoms with Gasteiger partial charge in [-0.05, 0) is 32.7 Å². The van der Waals surface area contributed by atoms with Gasteiger partial charge in [0.25, 0.3) is 0 Å². The standard InChI is InChI=1S/C12H23NO3/c1-2-16-9-5-8-13-7-4-3-6-11(13)10-12(14)15/h11H,2-10H2,1H3,(H,14,15). The fourth-order valence-electron chi connectivity index (χ4n) is 2.30. The Labute approximate surface area is 97.6 Å². The number of ether oxygens (including phenoxy) is 1. The lowest BCUT2D eigenvalue weighted by Gasteiger charge is -2.34. The molecule has 94 valence electrons. The van der Waals surface area contributed by atoms with E-state index in [4.69, 9.17) is 9.84 Å². The van der Waals surface area contributed by atoms with Gasteiger partial charge in [0, 0.05) is 25.8 Å². The number of aliphatic carboxylic acids is 1. The van der Waals surface area contributed by atoms with Crippen molar-refractivity contribution in [2.75, 3.05) is 26.3 Å². The number of piperidine rings is 1. The van der Waals surface area contributed by atoms with Crippen molar-refractivity contribution < 1.29 is 14.6 Å². The first kappa shape index (κ1) is 13.5. The average molecular weight is 229 g/mol. The Hall–Kier alpha value is -0.610. The molecule has 0 amide bonds. The Kier molecular flexibility index (Phi) is 6.42. The highest BCUT2D eigenvalue weighted by Gasteiger charge is 2.23. The van der Waals surface area contributed by atoms with E-state index in [1.807, 2.05) is 6.92 Å². The second-order valence-electron chi connectivity index (χ2n) is 4.33. The molecule has 1 aliphatic rings. The summed E-state index contributed by atoms with van der Waals surface area (Å²) in [7, 11) is 0. The first-order valence-corrected chi connectivity index (χ1v) is 6.27.